The van der Waals surface area contributed by atoms with Crippen molar-refractivity contribution in [3.63, 3.8) is 0 Å². The van der Waals surface area contributed by atoms with Crippen molar-refractivity contribution >= 4 is 17.6 Å². The Bertz CT molecular complexity index is 160. The Morgan fingerprint density at radius 3 is 3.08 bits per heavy atom. The maximum atomic E-state index is 10.9. The summed E-state index contributed by atoms with van der Waals surface area (Å²) in [6, 6.07) is 0. The largest absolute Gasteiger partial charge is 0.469 e. The van der Waals surface area contributed by atoms with E-state index in [0.717, 1.165) is 12.8 Å². The minimum Gasteiger partial charge on any atom is -0.469 e. The molecule has 1 rings (SSSR count). The fraction of sp³-hybridized carbons (Fsp3) is 0.875. The predicted octanol–water partition coefficient (Wildman–Crippen LogP) is 1.34. The Balaban J connectivity index is 2.33. The molecule has 12 heavy (non-hydrogen) atoms. The summed E-state index contributed by atoms with van der Waals surface area (Å²) >= 11 is 5.95. The van der Waals surface area contributed by atoms with Crippen LogP contribution >= 0.6 is 11.6 Å². The maximum absolute atomic E-state index is 10.9. The van der Waals surface area contributed by atoms with Crippen LogP contribution < -0.4 is 0 Å². The van der Waals surface area contributed by atoms with Gasteiger partial charge in [-0.3, -0.25) is 4.79 Å². The van der Waals surface area contributed by atoms with E-state index < -0.39 is 0 Å². The molecule has 4 heteroatoms. The number of carbonyl (C=O) groups is 1. The number of hydrogen-bond donors (Lipinski definition) is 0. The molecule has 1 aliphatic heterocycles. The number of esters is 1. The normalized spacial score (nSPS) is 29.8. The van der Waals surface area contributed by atoms with Crippen LogP contribution in [0, 0.1) is 0 Å². The number of hydrogen-bond acceptors (Lipinski definition) is 3. The van der Waals surface area contributed by atoms with E-state index in [1.165, 1.54) is 7.11 Å². The highest BCUT2D eigenvalue weighted by Gasteiger charge is 2.26. The first-order valence-electron chi connectivity index (χ1n) is 4.06. The molecule has 0 amide bonds. The first-order valence-corrected chi connectivity index (χ1v) is 4.50. The average molecular weight is 193 g/mol. The zero-order valence-electron chi connectivity index (χ0n) is 7.09. The Labute approximate surface area is 77.0 Å². The summed E-state index contributed by atoms with van der Waals surface area (Å²) in [6.45, 7) is 0.699. The van der Waals surface area contributed by atoms with E-state index in [0.29, 0.717) is 6.61 Å². The molecule has 3 nitrogen and oxygen atoms in total. The van der Waals surface area contributed by atoms with Gasteiger partial charge in [-0.2, -0.15) is 0 Å². The monoisotopic (exact) mass is 192 g/mol. The van der Waals surface area contributed by atoms with E-state index in [1.807, 2.05) is 0 Å². The highest BCUT2D eigenvalue weighted by Crippen LogP contribution is 2.21. The molecule has 0 aromatic rings. The standard InChI is InChI=1S/C8H13ClO3/c1-11-8(10)5-7-6(9)3-2-4-12-7/h6-7H,2-5H2,1H3. The molecule has 0 N–H and O–H groups in total. The van der Waals surface area contributed by atoms with Crippen molar-refractivity contribution in [3.05, 3.63) is 0 Å². The molecule has 0 aliphatic carbocycles. The van der Waals surface area contributed by atoms with E-state index >= 15 is 0 Å². The van der Waals surface area contributed by atoms with Crippen molar-refractivity contribution in [3.8, 4) is 0 Å². The second-order valence-electron chi connectivity index (χ2n) is 2.85. The van der Waals surface area contributed by atoms with Gasteiger partial charge >= 0.3 is 5.97 Å². The third-order valence-electron chi connectivity index (χ3n) is 1.96. The summed E-state index contributed by atoms with van der Waals surface area (Å²) in [7, 11) is 1.37. The lowest BCUT2D eigenvalue weighted by Gasteiger charge is -2.26. The summed E-state index contributed by atoms with van der Waals surface area (Å²) < 4.78 is 9.85. The lowest BCUT2D eigenvalue weighted by molar-refractivity contribution is -0.144. The van der Waals surface area contributed by atoms with E-state index in [2.05, 4.69) is 4.74 Å². The van der Waals surface area contributed by atoms with Crippen LogP contribution in [0.2, 0.25) is 0 Å². The van der Waals surface area contributed by atoms with E-state index in [-0.39, 0.29) is 23.9 Å². The van der Waals surface area contributed by atoms with Crippen LogP contribution in [0.25, 0.3) is 0 Å². The number of halogens is 1. The molecule has 1 aliphatic rings. The lowest BCUT2D eigenvalue weighted by Crippen LogP contribution is -2.32. The van der Waals surface area contributed by atoms with Gasteiger partial charge in [-0.1, -0.05) is 0 Å². The zero-order chi connectivity index (χ0) is 8.97. The molecule has 2 unspecified atom stereocenters. The van der Waals surface area contributed by atoms with Gasteiger partial charge in [0, 0.05) is 6.61 Å². The van der Waals surface area contributed by atoms with Gasteiger partial charge in [0.05, 0.1) is 25.0 Å². The third-order valence-corrected chi connectivity index (χ3v) is 2.45. The number of rotatable bonds is 2. The predicted molar refractivity (Wildman–Crippen MR) is 45.2 cm³/mol. The first-order chi connectivity index (χ1) is 5.74. The Kier molecular flexibility index (Phi) is 3.82. The molecule has 0 aromatic heterocycles. The average Bonchev–Trinajstić information content (AvgIpc) is 2.09. The molecule has 1 heterocycles. The lowest BCUT2D eigenvalue weighted by atomic mass is 10.1. The van der Waals surface area contributed by atoms with Gasteiger partial charge in [0.1, 0.15) is 0 Å². The van der Waals surface area contributed by atoms with Crippen molar-refractivity contribution < 1.29 is 14.3 Å². The molecular weight excluding hydrogens is 180 g/mol. The molecule has 1 fully saturated rings. The molecule has 1 saturated heterocycles. The summed E-state index contributed by atoms with van der Waals surface area (Å²) in [5.74, 6) is -0.257. The van der Waals surface area contributed by atoms with Gasteiger partial charge in [0.25, 0.3) is 0 Å². The quantitative estimate of drug-likeness (QED) is 0.489. The second kappa shape index (κ2) is 4.67. The van der Waals surface area contributed by atoms with Crippen molar-refractivity contribution in [1.82, 2.24) is 0 Å². The van der Waals surface area contributed by atoms with Gasteiger partial charge in [-0.05, 0) is 12.8 Å². The summed E-state index contributed by atoms with van der Waals surface area (Å²) in [6.07, 6.45) is 2.01. The smallest absolute Gasteiger partial charge is 0.308 e. The van der Waals surface area contributed by atoms with Crippen molar-refractivity contribution in [2.24, 2.45) is 0 Å². The molecule has 0 saturated carbocycles. The van der Waals surface area contributed by atoms with E-state index in [9.17, 15) is 4.79 Å². The fourth-order valence-corrected chi connectivity index (χ4v) is 1.55. The number of ether oxygens (including phenoxy) is 2. The molecule has 2 atom stereocenters. The Morgan fingerprint density at radius 2 is 2.50 bits per heavy atom. The molecule has 0 radical (unpaired) electrons. The SMILES string of the molecule is COC(=O)CC1OCCCC1Cl. The van der Waals surface area contributed by atoms with Crippen molar-refractivity contribution in [2.45, 2.75) is 30.7 Å². The summed E-state index contributed by atoms with van der Waals surface area (Å²) in [4.78, 5) is 10.9. The van der Waals surface area contributed by atoms with Crippen LogP contribution in [-0.4, -0.2) is 31.2 Å². The van der Waals surface area contributed by atoms with Gasteiger partial charge in [-0.15, -0.1) is 11.6 Å². The highest BCUT2D eigenvalue weighted by atomic mass is 35.5. The minimum atomic E-state index is -0.257. The summed E-state index contributed by atoms with van der Waals surface area (Å²) in [5, 5.41) is -0.0437. The van der Waals surface area contributed by atoms with Crippen LogP contribution in [-0.2, 0) is 14.3 Å². The van der Waals surface area contributed by atoms with Crippen molar-refractivity contribution in [1.29, 1.82) is 0 Å². The molecular formula is C8H13ClO3. The summed E-state index contributed by atoms with van der Waals surface area (Å²) in [5.41, 5.74) is 0. The Hall–Kier alpha value is -0.280. The van der Waals surface area contributed by atoms with Gasteiger partial charge in [0.2, 0.25) is 0 Å². The fourth-order valence-electron chi connectivity index (χ4n) is 1.24. The highest BCUT2D eigenvalue weighted by molar-refractivity contribution is 6.21. The van der Waals surface area contributed by atoms with Gasteiger partial charge in [0.15, 0.2) is 0 Å². The maximum Gasteiger partial charge on any atom is 0.308 e. The van der Waals surface area contributed by atoms with Crippen LogP contribution in [0.5, 0.6) is 0 Å². The Morgan fingerprint density at radius 1 is 1.75 bits per heavy atom. The van der Waals surface area contributed by atoms with E-state index in [4.69, 9.17) is 16.3 Å². The van der Waals surface area contributed by atoms with Crippen LogP contribution in [0.4, 0.5) is 0 Å². The van der Waals surface area contributed by atoms with Gasteiger partial charge in [-0.25, -0.2) is 0 Å². The number of methoxy groups -OCH3 is 1. The third kappa shape index (κ3) is 2.64. The van der Waals surface area contributed by atoms with Crippen LogP contribution in [0.15, 0.2) is 0 Å². The topological polar surface area (TPSA) is 35.5 Å². The first kappa shape index (κ1) is 9.81. The zero-order valence-corrected chi connectivity index (χ0v) is 7.84. The van der Waals surface area contributed by atoms with Crippen LogP contribution in [0.3, 0.4) is 0 Å². The number of carbonyl (C=O) groups excluding carboxylic acids is 1. The second-order valence-corrected chi connectivity index (χ2v) is 3.41. The molecule has 0 spiro atoms. The number of alkyl halides is 1. The van der Waals surface area contributed by atoms with E-state index in [1.54, 1.807) is 0 Å². The molecule has 70 valence electrons. The van der Waals surface area contributed by atoms with Gasteiger partial charge < -0.3 is 9.47 Å². The minimum absolute atomic E-state index is 0.0437. The van der Waals surface area contributed by atoms with Crippen molar-refractivity contribution in [2.75, 3.05) is 13.7 Å². The molecule has 0 bridgehead atoms. The van der Waals surface area contributed by atoms with Crippen LogP contribution in [0.1, 0.15) is 19.3 Å². The molecule has 0 aromatic carbocycles.